The molecule has 4 aromatic rings. The fraction of sp³-hybridized carbons (Fsp3) is 0.0556. The summed E-state index contributed by atoms with van der Waals surface area (Å²) in [7, 11) is 1.58. The molecule has 0 unspecified atom stereocenters. The molecule has 0 radical (unpaired) electrons. The van der Waals surface area contributed by atoms with Crippen molar-refractivity contribution in [3.8, 4) is 11.4 Å². The zero-order valence-corrected chi connectivity index (χ0v) is 12.3. The van der Waals surface area contributed by atoms with Crippen molar-refractivity contribution >= 4 is 21.7 Å². The molecule has 0 aliphatic heterocycles. The molecule has 0 aliphatic carbocycles. The van der Waals surface area contributed by atoms with Gasteiger partial charge in [-0.25, -0.2) is 4.39 Å². The molecule has 4 rings (SSSR count). The Morgan fingerprint density at radius 1 is 1.00 bits per heavy atom. The largest absolute Gasteiger partial charge is 0.496 e. The summed E-state index contributed by atoms with van der Waals surface area (Å²) in [5.41, 5.74) is 1.22. The average Bonchev–Trinajstić information content (AvgIpc) is 2.92. The number of aromatic nitrogens is 2. The SMILES string of the molecule is COc1cc2c(=O)[nH]n(-c3ccc(F)cc3)c2c2ccccc12. The van der Waals surface area contributed by atoms with Crippen LogP contribution in [-0.2, 0) is 0 Å². The fourth-order valence-electron chi connectivity index (χ4n) is 2.91. The lowest BCUT2D eigenvalue weighted by molar-refractivity contribution is 0.420. The molecule has 0 aliphatic rings. The molecule has 1 aromatic heterocycles. The third kappa shape index (κ3) is 2.01. The lowest BCUT2D eigenvalue weighted by Crippen LogP contribution is -2.03. The van der Waals surface area contributed by atoms with Crippen LogP contribution in [0.15, 0.2) is 59.4 Å². The highest BCUT2D eigenvalue weighted by Gasteiger charge is 2.15. The van der Waals surface area contributed by atoms with Crippen LogP contribution in [0.25, 0.3) is 27.4 Å². The molecule has 1 N–H and O–H groups in total. The first-order valence-electron chi connectivity index (χ1n) is 7.15. The number of hydrogen-bond acceptors (Lipinski definition) is 2. The van der Waals surface area contributed by atoms with Crippen LogP contribution in [0.4, 0.5) is 4.39 Å². The van der Waals surface area contributed by atoms with Gasteiger partial charge in [0.15, 0.2) is 0 Å². The number of hydrogen-bond donors (Lipinski definition) is 1. The van der Waals surface area contributed by atoms with Crippen LogP contribution in [-0.4, -0.2) is 16.9 Å². The number of halogens is 1. The minimum Gasteiger partial charge on any atom is -0.496 e. The Morgan fingerprint density at radius 2 is 1.70 bits per heavy atom. The molecule has 0 saturated heterocycles. The van der Waals surface area contributed by atoms with Crippen molar-refractivity contribution in [2.45, 2.75) is 0 Å². The van der Waals surface area contributed by atoms with Crippen LogP contribution >= 0.6 is 0 Å². The molecular formula is C18H13FN2O2. The van der Waals surface area contributed by atoms with Gasteiger partial charge in [-0.3, -0.25) is 14.6 Å². The van der Waals surface area contributed by atoms with Gasteiger partial charge in [-0.05, 0) is 30.3 Å². The zero-order valence-electron chi connectivity index (χ0n) is 12.3. The number of rotatable bonds is 2. The Labute approximate surface area is 130 Å². The normalized spacial score (nSPS) is 11.2. The van der Waals surface area contributed by atoms with Crippen molar-refractivity contribution in [2.75, 3.05) is 7.11 Å². The number of H-pyrrole nitrogens is 1. The number of nitrogens with zero attached hydrogens (tertiary/aromatic N) is 1. The molecule has 0 atom stereocenters. The minimum absolute atomic E-state index is 0.214. The highest BCUT2D eigenvalue weighted by Crippen LogP contribution is 2.32. The monoisotopic (exact) mass is 308 g/mol. The van der Waals surface area contributed by atoms with Gasteiger partial charge in [0.2, 0.25) is 0 Å². The average molecular weight is 308 g/mol. The Balaban J connectivity index is 2.17. The smallest absolute Gasteiger partial charge is 0.272 e. The molecule has 3 aromatic carbocycles. The Kier molecular flexibility index (Phi) is 2.94. The molecule has 0 saturated carbocycles. The summed E-state index contributed by atoms with van der Waals surface area (Å²) < 4.78 is 20.3. The maximum absolute atomic E-state index is 13.2. The minimum atomic E-state index is -0.320. The van der Waals surface area contributed by atoms with Crippen molar-refractivity contribution in [3.63, 3.8) is 0 Å². The van der Waals surface area contributed by atoms with E-state index in [0.29, 0.717) is 16.8 Å². The van der Waals surface area contributed by atoms with Crippen LogP contribution in [0.1, 0.15) is 0 Å². The van der Waals surface area contributed by atoms with Crippen molar-refractivity contribution in [1.29, 1.82) is 0 Å². The third-order valence-corrected chi connectivity index (χ3v) is 3.96. The molecule has 5 heteroatoms. The predicted molar refractivity (Wildman–Crippen MR) is 87.9 cm³/mol. The number of fused-ring (bicyclic) bond motifs is 3. The molecule has 0 fully saturated rings. The molecule has 114 valence electrons. The molecular weight excluding hydrogens is 295 g/mol. The van der Waals surface area contributed by atoms with Crippen molar-refractivity contribution in [2.24, 2.45) is 0 Å². The predicted octanol–water partition coefficient (Wildman–Crippen LogP) is 3.62. The van der Waals surface area contributed by atoms with Gasteiger partial charge in [0.1, 0.15) is 11.6 Å². The fourth-order valence-corrected chi connectivity index (χ4v) is 2.91. The second-order valence-electron chi connectivity index (χ2n) is 5.27. The van der Waals surface area contributed by atoms with Gasteiger partial charge in [-0.1, -0.05) is 24.3 Å². The molecule has 0 amide bonds. The van der Waals surface area contributed by atoms with Crippen molar-refractivity contribution in [1.82, 2.24) is 9.78 Å². The number of methoxy groups -OCH3 is 1. The summed E-state index contributed by atoms with van der Waals surface area (Å²) >= 11 is 0. The summed E-state index contributed by atoms with van der Waals surface area (Å²) in [6, 6.07) is 15.4. The lowest BCUT2D eigenvalue weighted by atomic mass is 10.1. The van der Waals surface area contributed by atoms with E-state index in [1.54, 1.807) is 30.0 Å². The van der Waals surface area contributed by atoms with Gasteiger partial charge in [-0.2, -0.15) is 0 Å². The quantitative estimate of drug-likeness (QED) is 0.615. The van der Waals surface area contributed by atoms with Gasteiger partial charge >= 0.3 is 0 Å². The number of aromatic amines is 1. The number of ether oxygens (including phenoxy) is 1. The van der Waals surface area contributed by atoms with E-state index in [1.165, 1.54) is 12.1 Å². The summed E-state index contributed by atoms with van der Waals surface area (Å²) in [4.78, 5) is 12.3. The lowest BCUT2D eigenvalue weighted by Gasteiger charge is -2.09. The van der Waals surface area contributed by atoms with E-state index in [9.17, 15) is 9.18 Å². The van der Waals surface area contributed by atoms with Gasteiger partial charge < -0.3 is 4.74 Å². The van der Waals surface area contributed by atoms with Crippen LogP contribution in [0.3, 0.4) is 0 Å². The second-order valence-corrected chi connectivity index (χ2v) is 5.27. The molecule has 1 heterocycles. The van der Waals surface area contributed by atoms with E-state index in [1.807, 2.05) is 24.3 Å². The summed E-state index contributed by atoms with van der Waals surface area (Å²) in [5.74, 6) is 0.328. The van der Waals surface area contributed by atoms with Gasteiger partial charge in [-0.15, -0.1) is 0 Å². The first-order chi connectivity index (χ1) is 11.2. The van der Waals surface area contributed by atoms with Crippen LogP contribution in [0.2, 0.25) is 0 Å². The first-order valence-corrected chi connectivity index (χ1v) is 7.15. The Morgan fingerprint density at radius 3 is 2.39 bits per heavy atom. The van der Waals surface area contributed by atoms with E-state index in [2.05, 4.69) is 5.10 Å². The van der Waals surface area contributed by atoms with Gasteiger partial charge in [0.05, 0.1) is 23.7 Å². The third-order valence-electron chi connectivity index (χ3n) is 3.96. The molecule has 0 bridgehead atoms. The maximum atomic E-state index is 13.2. The van der Waals surface area contributed by atoms with Crippen LogP contribution in [0.5, 0.6) is 5.75 Å². The van der Waals surface area contributed by atoms with E-state index in [4.69, 9.17) is 4.74 Å². The van der Waals surface area contributed by atoms with Crippen LogP contribution in [0, 0.1) is 5.82 Å². The van der Waals surface area contributed by atoms with E-state index < -0.39 is 0 Å². The van der Waals surface area contributed by atoms with Gasteiger partial charge in [0, 0.05) is 10.8 Å². The molecule has 4 nitrogen and oxygen atoms in total. The van der Waals surface area contributed by atoms with Gasteiger partial charge in [0.25, 0.3) is 5.56 Å². The summed E-state index contributed by atoms with van der Waals surface area (Å²) in [5, 5.41) is 5.15. The summed E-state index contributed by atoms with van der Waals surface area (Å²) in [6.45, 7) is 0. The first kappa shape index (κ1) is 13.6. The summed E-state index contributed by atoms with van der Waals surface area (Å²) in [6.07, 6.45) is 0. The molecule has 0 spiro atoms. The highest BCUT2D eigenvalue weighted by molar-refractivity contribution is 6.09. The zero-order chi connectivity index (χ0) is 16.0. The topological polar surface area (TPSA) is 47.0 Å². The Hall–Kier alpha value is -3.08. The number of nitrogens with one attached hydrogen (secondary N) is 1. The standard InChI is InChI=1S/C18H13FN2O2/c1-23-16-10-15-17(14-5-3-2-4-13(14)16)21(20-18(15)22)12-8-6-11(19)7-9-12/h2-10H,1H3,(H,20,22). The maximum Gasteiger partial charge on any atom is 0.272 e. The van der Waals surface area contributed by atoms with E-state index in [0.717, 1.165) is 16.3 Å². The second kappa shape index (κ2) is 4.98. The number of benzene rings is 3. The Bertz CT molecular complexity index is 1080. The van der Waals surface area contributed by atoms with Crippen molar-refractivity contribution < 1.29 is 9.13 Å². The van der Waals surface area contributed by atoms with Crippen LogP contribution < -0.4 is 10.3 Å². The molecule has 23 heavy (non-hydrogen) atoms. The van der Waals surface area contributed by atoms with E-state index >= 15 is 0 Å². The highest BCUT2D eigenvalue weighted by atomic mass is 19.1. The van der Waals surface area contributed by atoms with Crippen molar-refractivity contribution in [3.05, 3.63) is 70.8 Å². The van der Waals surface area contributed by atoms with E-state index in [-0.39, 0.29) is 11.4 Å².